The van der Waals surface area contributed by atoms with Crippen LogP contribution in [-0.4, -0.2) is 28.2 Å². The molecule has 2 aromatic carbocycles. The molecule has 1 heterocycles. The van der Waals surface area contributed by atoms with Gasteiger partial charge in [-0.1, -0.05) is 107 Å². The summed E-state index contributed by atoms with van der Waals surface area (Å²) in [5.74, 6) is -0.273. The summed E-state index contributed by atoms with van der Waals surface area (Å²) >= 11 is 0. The molecule has 2 bridgehead atoms. The summed E-state index contributed by atoms with van der Waals surface area (Å²) < 4.78 is 0. The summed E-state index contributed by atoms with van der Waals surface area (Å²) in [6.07, 6.45) is 4.43. The lowest BCUT2D eigenvalue weighted by atomic mass is 9.81. The van der Waals surface area contributed by atoms with Gasteiger partial charge in [0.2, 0.25) is 5.91 Å². The van der Waals surface area contributed by atoms with Crippen LogP contribution in [0.1, 0.15) is 66.7 Å². The van der Waals surface area contributed by atoms with Crippen LogP contribution in [-0.2, 0) is 11.8 Å². The number of benzene rings is 2. The van der Waals surface area contributed by atoms with Gasteiger partial charge in [0, 0.05) is 12.7 Å². The van der Waals surface area contributed by atoms with Crippen molar-refractivity contribution in [2.24, 2.45) is 5.73 Å². The average Bonchev–Trinajstić information content (AvgIpc) is 3.13. The van der Waals surface area contributed by atoms with Crippen molar-refractivity contribution < 1.29 is 4.79 Å². The first-order valence-electron chi connectivity index (χ1n) is 12.8. The molecule has 4 rings (SSSR count). The Labute approximate surface area is 209 Å². The lowest BCUT2D eigenvalue weighted by molar-refractivity contribution is 0.100. The van der Waals surface area contributed by atoms with E-state index in [9.17, 15) is 4.79 Å². The number of rotatable bonds is 3. The number of primary amides is 1. The Morgan fingerprint density at radius 1 is 1.00 bits per heavy atom. The van der Waals surface area contributed by atoms with Crippen molar-refractivity contribution in [2.75, 3.05) is 0 Å². The smallest absolute Gasteiger partial charge is 0.249 e. The zero-order chi connectivity index (χ0) is 25.6. The lowest BCUT2D eigenvalue weighted by Crippen LogP contribution is -2.83. The van der Waals surface area contributed by atoms with E-state index in [1.165, 1.54) is 49.3 Å². The summed E-state index contributed by atoms with van der Waals surface area (Å²) in [5.41, 5.74) is 16.4. The molecular weight excluding hydrogens is 463 g/mol. The second-order valence-corrected chi connectivity index (χ2v) is 40.5. The van der Waals surface area contributed by atoms with Crippen molar-refractivity contribution in [3.63, 3.8) is 0 Å². The summed E-state index contributed by atoms with van der Waals surface area (Å²) in [5, 5.41) is 3.01. The molecule has 34 heavy (non-hydrogen) atoms. The van der Waals surface area contributed by atoms with Crippen molar-refractivity contribution >= 4 is 44.6 Å². The van der Waals surface area contributed by atoms with Crippen LogP contribution in [0, 0.1) is 6.92 Å². The minimum Gasteiger partial charge on any atom is -0.366 e. The highest BCUT2D eigenvalue weighted by Crippen LogP contribution is 2.43. The molecule has 2 nitrogen and oxygen atoms in total. The van der Waals surface area contributed by atoms with Gasteiger partial charge in [-0.3, -0.25) is 4.79 Å². The Morgan fingerprint density at radius 2 is 1.62 bits per heavy atom. The number of hydrogen-bond acceptors (Lipinski definition) is 1. The molecule has 5 heteroatoms. The number of carbonyl (C=O) groups is 1. The van der Waals surface area contributed by atoms with Crippen molar-refractivity contribution in [1.29, 1.82) is 0 Å². The Balaban J connectivity index is 2.20. The topological polar surface area (TPSA) is 43.1 Å². The number of allylic oxidation sites excluding steroid dienone is 1. The Bertz CT molecular complexity index is 1260. The molecular formula is C29H43NOSi3. The summed E-state index contributed by atoms with van der Waals surface area (Å²) in [6, 6.07) is 7.02. The molecule has 0 saturated heterocycles. The van der Waals surface area contributed by atoms with Gasteiger partial charge >= 0.3 is 0 Å². The Morgan fingerprint density at radius 3 is 2.15 bits per heavy atom. The molecule has 2 aromatic rings. The minimum atomic E-state index is -1.83. The van der Waals surface area contributed by atoms with Gasteiger partial charge in [0.05, 0.1) is 15.2 Å². The molecule has 2 aliphatic rings. The Hall–Kier alpha value is -1.70. The van der Waals surface area contributed by atoms with Gasteiger partial charge in [0.1, 0.15) is 0 Å². The molecule has 0 fully saturated rings. The fourth-order valence-electron chi connectivity index (χ4n) is 6.52. The molecule has 0 radical (unpaired) electrons. The van der Waals surface area contributed by atoms with Gasteiger partial charge < -0.3 is 5.73 Å². The van der Waals surface area contributed by atoms with Crippen LogP contribution in [0.4, 0.5) is 0 Å². The van der Waals surface area contributed by atoms with Crippen molar-refractivity contribution in [3.8, 4) is 11.1 Å². The van der Waals surface area contributed by atoms with E-state index in [1.807, 2.05) is 0 Å². The highest BCUT2D eigenvalue weighted by Gasteiger charge is 2.59. The van der Waals surface area contributed by atoms with Crippen LogP contribution < -0.4 is 16.1 Å². The first kappa shape index (κ1) is 25.4. The van der Waals surface area contributed by atoms with E-state index < -0.39 is 22.3 Å². The fourth-order valence-corrected chi connectivity index (χ4v) is 39.7. The molecule has 0 aromatic heterocycles. The van der Waals surface area contributed by atoms with Gasteiger partial charge in [-0.15, -0.1) is 0 Å². The second kappa shape index (κ2) is 7.65. The quantitative estimate of drug-likeness (QED) is 0.502. The summed E-state index contributed by atoms with van der Waals surface area (Å²) in [7, 11) is -5.08. The van der Waals surface area contributed by atoms with Gasteiger partial charge in [-0.25, -0.2) is 0 Å². The third kappa shape index (κ3) is 3.34. The maximum absolute atomic E-state index is 13.1. The van der Waals surface area contributed by atoms with Crippen molar-refractivity contribution in [1.82, 2.24) is 0 Å². The predicted octanol–water partition coefficient (Wildman–Crippen LogP) is 6.12. The number of nitrogens with two attached hydrogens (primary N) is 1. The molecule has 0 unspecified atom stereocenters. The molecule has 0 atom stereocenters. The van der Waals surface area contributed by atoms with E-state index in [-0.39, 0.29) is 11.3 Å². The van der Waals surface area contributed by atoms with E-state index in [0.29, 0.717) is 0 Å². The predicted molar refractivity (Wildman–Crippen MR) is 158 cm³/mol. The van der Waals surface area contributed by atoms with E-state index in [4.69, 9.17) is 5.73 Å². The highest BCUT2D eigenvalue weighted by molar-refractivity contribution is 7.74. The largest absolute Gasteiger partial charge is 0.366 e. The van der Waals surface area contributed by atoms with Gasteiger partial charge in [-0.2, -0.15) is 0 Å². The molecule has 1 aliphatic heterocycles. The fraction of sp³-hybridized carbons (Fsp3) is 0.483. The molecule has 0 saturated carbocycles. The third-order valence-corrected chi connectivity index (χ3v) is 51.5. The van der Waals surface area contributed by atoms with Crippen LogP contribution in [0.2, 0.25) is 39.3 Å². The van der Waals surface area contributed by atoms with E-state index in [2.05, 4.69) is 98.2 Å². The van der Waals surface area contributed by atoms with E-state index in [1.54, 1.807) is 0 Å². The minimum absolute atomic E-state index is 0.0293. The molecule has 1 amide bonds. The van der Waals surface area contributed by atoms with Crippen LogP contribution in [0.5, 0.6) is 0 Å². The van der Waals surface area contributed by atoms with Crippen LogP contribution in [0.25, 0.3) is 17.2 Å². The van der Waals surface area contributed by atoms with Crippen LogP contribution in [0.3, 0.4) is 0 Å². The highest BCUT2D eigenvalue weighted by atomic mass is 29.6. The molecule has 0 spiro atoms. The number of amides is 1. The van der Waals surface area contributed by atoms with E-state index >= 15 is 0 Å². The van der Waals surface area contributed by atoms with Crippen molar-refractivity contribution in [3.05, 3.63) is 51.6 Å². The summed E-state index contributed by atoms with van der Waals surface area (Å²) in [4.78, 5) is 13.1. The molecule has 1 aliphatic carbocycles. The Kier molecular flexibility index (Phi) is 5.71. The third-order valence-electron chi connectivity index (χ3n) is 9.91. The second-order valence-electron chi connectivity index (χ2n) is 13.3. The van der Waals surface area contributed by atoms with E-state index in [0.717, 1.165) is 18.4 Å². The van der Waals surface area contributed by atoms with Crippen molar-refractivity contribution in [2.45, 2.75) is 92.2 Å². The maximum atomic E-state index is 13.1. The van der Waals surface area contributed by atoms with Gasteiger partial charge in [0.15, 0.2) is 0 Å². The zero-order valence-electron chi connectivity index (χ0n) is 23.2. The standard InChI is InChI=1S/C29H43NOSi3/c1-12-19-13-20-15-21(29(3,4)5)16-23(22(20)14-19)26-24(28(30)31)17-25-18(2)27(26)33(8,9)34(10,11)32(25,6)7/h13,15-17H,12,14H2,1-11H3,(H2,30,31). The molecule has 182 valence electrons. The average molecular weight is 506 g/mol. The first-order valence-corrected chi connectivity index (χ1v) is 23.8. The number of carbonyl (C=O) groups excluding carboxylic acids is 1. The van der Waals surface area contributed by atoms with Crippen LogP contribution >= 0.6 is 0 Å². The summed E-state index contributed by atoms with van der Waals surface area (Å²) in [6.45, 7) is 27.0. The zero-order valence-corrected chi connectivity index (χ0v) is 26.2. The monoisotopic (exact) mass is 505 g/mol. The van der Waals surface area contributed by atoms with Gasteiger partial charge in [0.25, 0.3) is 0 Å². The number of fused-ring (bicyclic) bond motifs is 3. The number of hydrogen-bond donors (Lipinski definition) is 1. The first-order chi connectivity index (χ1) is 15.5. The molecule has 2 N–H and O–H groups in total. The lowest BCUT2D eigenvalue weighted by Gasteiger charge is -2.55. The maximum Gasteiger partial charge on any atom is 0.249 e. The normalized spacial score (nSPS) is 19.6. The van der Waals surface area contributed by atoms with Crippen LogP contribution in [0.15, 0.2) is 23.8 Å². The SMILES string of the molecule is CCC1=Cc2cc(C(C)(C)C)cc(-c3c(C(N)=O)cc4c(C)c3[Si](C)(C)[Si](C)(C)[Si]4(C)C)c2C1. The van der Waals surface area contributed by atoms with Gasteiger partial charge in [-0.05, 0) is 59.1 Å².